The monoisotopic (exact) mass is 482 g/mol. The predicted molar refractivity (Wildman–Crippen MR) is 144 cm³/mol. The molecule has 2 atom stereocenters. The lowest BCUT2D eigenvalue weighted by Crippen LogP contribution is -2.33. The molecular formula is C30H58O4. The highest BCUT2D eigenvalue weighted by Gasteiger charge is 2.33. The van der Waals surface area contributed by atoms with Crippen LogP contribution in [0.2, 0.25) is 0 Å². The van der Waals surface area contributed by atoms with Gasteiger partial charge in [-0.05, 0) is 43.4 Å². The van der Waals surface area contributed by atoms with Crippen molar-refractivity contribution < 1.29 is 19.1 Å². The number of esters is 2. The number of carbonyl (C=O) groups excluding carboxylic acids is 2. The van der Waals surface area contributed by atoms with E-state index >= 15 is 0 Å². The Morgan fingerprint density at radius 2 is 1.03 bits per heavy atom. The van der Waals surface area contributed by atoms with Crippen LogP contribution in [0.4, 0.5) is 0 Å². The van der Waals surface area contributed by atoms with Crippen LogP contribution in [0.1, 0.15) is 144 Å². The van der Waals surface area contributed by atoms with E-state index in [2.05, 4.69) is 34.6 Å². The van der Waals surface area contributed by atoms with Gasteiger partial charge in [0.1, 0.15) is 0 Å². The van der Waals surface area contributed by atoms with Crippen LogP contribution in [0.5, 0.6) is 0 Å². The van der Waals surface area contributed by atoms with E-state index in [0.29, 0.717) is 37.4 Å². The highest BCUT2D eigenvalue weighted by Crippen LogP contribution is 2.33. The van der Waals surface area contributed by atoms with Crippen LogP contribution in [0.15, 0.2) is 0 Å². The smallest absolute Gasteiger partial charge is 0.309 e. The van der Waals surface area contributed by atoms with Crippen molar-refractivity contribution in [2.24, 2.45) is 23.7 Å². The summed E-state index contributed by atoms with van der Waals surface area (Å²) in [7, 11) is 0. The van der Waals surface area contributed by atoms with Gasteiger partial charge in [0, 0.05) is 6.42 Å². The van der Waals surface area contributed by atoms with E-state index in [9.17, 15) is 9.59 Å². The summed E-state index contributed by atoms with van der Waals surface area (Å²) in [6, 6.07) is 0. The van der Waals surface area contributed by atoms with Crippen LogP contribution in [0.3, 0.4) is 0 Å². The van der Waals surface area contributed by atoms with Crippen molar-refractivity contribution in [1.29, 1.82) is 0 Å². The van der Waals surface area contributed by atoms with Gasteiger partial charge in [-0.1, -0.05) is 112 Å². The molecule has 0 aromatic rings. The van der Waals surface area contributed by atoms with Gasteiger partial charge in [-0.15, -0.1) is 0 Å². The molecule has 0 heterocycles. The van der Waals surface area contributed by atoms with Crippen molar-refractivity contribution >= 4 is 11.9 Å². The maximum absolute atomic E-state index is 12.6. The molecule has 0 rings (SSSR count). The molecule has 0 N–H and O–H groups in total. The molecule has 4 nitrogen and oxygen atoms in total. The second kappa shape index (κ2) is 22.4. The fourth-order valence-electron chi connectivity index (χ4n) is 4.87. The summed E-state index contributed by atoms with van der Waals surface area (Å²) in [5.74, 6) is 1.28. The molecular weight excluding hydrogens is 424 g/mol. The standard InChI is InChI=1S/C30H58O4/c1-7-23-33-28(31)22-20-18-16-14-12-10-9-11-13-15-17-19-21-27(25(3)4)29(26(5)6)30(32)34-24-8-2/h25-27,29H,7-24H2,1-6H3. The van der Waals surface area contributed by atoms with Crippen molar-refractivity contribution in [2.45, 2.75) is 144 Å². The van der Waals surface area contributed by atoms with Crippen molar-refractivity contribution in [1.82, 2.24) is 0 Å². The first-order chi connectivity index (χ1) is 16.3. The van der Waals surface area contributed by atoms with Crippen molar-refractivity contribution in [2.75, 3.05) is 13.2 Å². The average Bonchev–Trinajstić information content (AvgIpc) is 2.80. The molecule has 0 saturated carbocycles. The van der Waals surface area contributed by atoms with Gasteiger partial charge in [-0.3, -0.25) is 9.59 Å². The number of unbranched alkanes of at least 4 members (excludes halogenated alkanes) is 11. The summed E-state index contributed by atoms with van der Waals surface area (Å²) in [5.41, 5.74) is 0. The normalized spacial score (nSPS) is 13.3. The van der Waals surface area contributed by atoms with Gasteiger partial charge >= 0.3 is 11.9 Å². The Bertz CT molecular complexity index is 486. The van der Waals surface area contributed by atoms with Gasteiger partial charge in [-0.25, -0.2) is 0 Å². The zero-order valence-electron chi connectivity index (χ0n) is 23.7. The van der Waals surface area contributed by atoms with Crippen molar-refractivity contribution in [3.8, 4) is 0 Å². The Morgan fingerprint density at radius 1 is 0.588 bits per heavy atom. The number of rotatable bonds is 23. The number of ether oxygens (including phenoxy) is 2. The summed E-state index contributed by atoms with van der Waals surface area (Å²) >= 11 is 0. The highest BCUT2D eigenvalue weighted by molar-refractivity contribution is 5.73. The predicted octanol–water partition coefficient (Wildman–Crippen LogP) is 8.90. The molecule has 0 radical (unpaired) electrons. The molecule has 0 amide bonds. The molecule has 2 unspecified atom stereocenters. The Morgan fingerprint density at radius 3 is 1.47 bits per heavy atom. The zero-order chi connectivity index (χ0) is 25.6. The molecule has 0 saturated heterocycles. The molecule has 0 aromatic heterocycles. The van der Waals surface area contributed by atoms with E-state index in [1.54, 1.807) is 0 Å². The molecule has 0 spiro atoms. The molecule has 0 fully saturated rings. The third kappa shape index (κ3) is 17.4. The summed E-state index contributed by atoms with van der Waals surface area (Å²) in [4.78, 5) is 24.1. The molecule has 0 aliphatic rings. The topological polar surface area (TPSA) is 52.6 Å². The first-order valence-corrected chi connectivity index (χ1v) is 14.7. The number of hydrogen-bond donors (Lipinski definition) is 0. The number of hydrogen-bond acceptors (Lipinski definition) is 4. The quantitative estimate of drug-likeness (QED) is 0.108. The lowest BCUT2D eigenvalue weighted by Gasteiger charge is -2.31. The van der Waals surface area contributed by atoms with E-state index in [4.69, 9.17) is 9.47 Å². The molecule has 0 aliphatic carbocycles. The van der Waals surface area contributed by atoms with Crippen LogP contribution in [0.25, 0.3) is 0 Å². The second-order valence-corrected chi connectivity index (χ2v) is 10.8. The summed E-state index contributed by atoms with van der Waals surface area (Å²) < 4.78 is 10.6. The lowest BCUT2D eigenvalue weighted by atomic mass is 9.74. The Labute approximate surface area is 212 Å². The van der Waals surface area contributed by atoms with Gasteiger partial charge in [0.2, 0.25) is 0 Å². The maximum atomic E-state index is 12.6. The van der Waals surface area contributed by atoms with Gasteiger partial charge in [0.05, 0.1) is 19.1 Å². The van der Waals surface area contributed by atoms with Gasteiger partial charge in [-0.2, -0.15) is 0 Å². The van der Waals surface area contributed by atoms with Crippen LogP contribution >= 0.6 is 0 Å². The first kappa shape index (κ1) is 32.9. The Balaban J connectivity index is 3.79. The molecule has 4 heteroatoms. The van der Waals surface area contributed by atoms with Crippen LogP contribution < -0.4 is 0 Å². The summed E-state index contributed by atoms with van der Waals surface area (Å²) in [5, 5.41) is 0. The van der Waals surface area contributed by atoms with Crippen LogP contribution in [-0.4, -0.2) is 25.2 Å². The minimum atomic E-state index is -0.0317. The maximum Gasteiger partial charge on any atom is 0.309 e. The zero-order valence-corrected chi connectivity index (χ0v) is 23.7. The summed E-state index contributed by atoms with van der Waals surface area (Å²) in [6.45, 7) is 14.0. The minimum absolute atomic E-state index is 0.0185. The fraction of sp³-hybridized carbons (Fsp3) is 0.933. The van der Waals surface area contributed by atoms with Crippen molar-refractivity contribution in [3.63, 3.8) is 0 Å². The van der Waals surface area contributed by atoms with E-state index < -0.39 is 0 Å². The van der Waals surface area contributed by atoms with Gasteiger partial charge < -0.3 is 9.47 Å². The summed E-state index contributed by atoms with van der Waals surface area (Å²) in [6.07, 6.45) is 18.6. The van der Waals surface area contributed by atoms with Crippen molar-refractivity contribution in [3.05, 3.63) is 0 Å². The van der Waals surface area contributed by atoms with Crippen LogP contribution in [0, 0.1) is 23.7 Å². The van der Waals surface area contributed by atoms with E-state index in [0.717, 1.165) is 32.1 Å². The van der Waals surface area contributed by atoms with Crippen LogP contribution in [-0.2, 0) is 19.1 Å². The van der Waals surface area contributed by atoms with E-state index in [-0.39, 0.29) is 17.9 Å². The van der Waals surface area contributed by atoms with Gasteiger partial charge in [0.15, 0.2) is 0 Å². The molecule has 202 valence electrons. The third-order valence-corrected chi connectivity index (χ3v) is 6.89. The minimum Gasteiger partial charge on any atom is -0.466 e. The second-order valence-electron chi connectivity index (χ2n) is 10.8. The third-order valence-electron chi connectivity index (χ3n) is 6.89. The highest BCUT2D eigenvalue weighted by atomic mass is 16.5. The van der Waals surface area contributed by atoms with Gasteiger partial charge in [0.25, 0.3) is 0 Å². The molecule has 0 bridgehead atoms. The van der Waals surface area contributed by atoms with E-state index in [1.165, 1.54) is 64.2 Å². The SMILES string of the molecule is CCCOC(=O)CCCCCCCCCCCCCCC(C(C)C)C(C(=O)OCCC)C(C)C. The lowest BCUT2D eigenvalue weighted by molar-refractivity contribution is -0.153. The number of carbonyl (C=O) groups is 2. The molecule has 0 aromatic carbocycles. The molecule has 0 aliphatic heterocycles. The van der Waals surface area contributed by atoms with E-state index in [1.807, 2.05) is 6.92 Å². The largest absolute Gasteiger partial charge is 0.466 e. The molecule has 34 heavy (non-hydrogen) atoms. The first-order valence-electron chi connectivity index (χ1n) is 14.7. The Kier molecular flexibility index (Phi) is 21.7. The average molecular weight is 483 g/mol. The Hall–Kier alpha value is -1.06. The fourth-order valence-corrected chi connectivity index (χ4v) is 4.87.